The van der Waals surface area contributed by atoms with E-state index in [1.807, 2.05) is 0 Å². The Labute approximate surface area is 110 Å². The number of aryl methyl sites for hydroxylation is 2. The summed E-state index contributed by atoms with van der Waals surface area (Å²) < 4.78 is 5.48. The van der Waals surface area contributed by atoms with Crippen LogP contribution in [0.5, 0.6) is 0 Å². The van der Waals surface area contributed by atoms with E-state index in [2.05, 4.69) is 50.4 Å². The number of nitrogens with one attached hydrogen (secondary N) is 1. The van der Waals surface area contributed by atoms with Gasteiger partial charge >= 0.3 is 0 Å². The molecule has 2 nitrogen and oxygen atoms in total. The van der Waals surface area contributed by atoms with Gasteiger partial charge < -0.3 is 10.1 Å². The highest BCUT2D eigenvalue weighted by Crippen LogP contribution is 2.15. The maximum absolute atomic E-state index is 5.48. The van der Waals surface area contributed by atoms with Crippen LogP contribution in [0.1, 0.15) is 30.0 Å². The van der Waals surface area contributed by atoms with Crippen molar-refractivity contribution in [2.24, 2.45) is 0 Å². The fourth-order valence-corrected chi connectivity index (χ4v) is 2.58. The van der Waals surface area contributed by atoms with Crippen molar-refractivity contribution in [1.82, 2.24) is 5.32 Å². The molecule has 1 aliphatic heterocycles. The summed E-state index contributed by atoms with van der Waals surface area (Å²) in [6.45, 7) is 9.15. The molecule has 0 aromatic heterocycles. The van der Waals surface area contributed by atoms with Crippen LogP contribution in [0, 0.1) is 13.8 Å². The van der Waals surface area contributed by atoms with Gasteiger partial charge in [-0.2, -0.15) is 0 Å². The number of morpholine rings is 1. The summed E-state index contributed by atoms with van der Waals surface area (Å²) >= 11 is 0. The quantitative estimate of drug-likeness (QED) is 0.883. The van der Waals surface area contributed by atoms with E-state index in [4.69, 9.17) is 4.74 Å². The summed E-state index contributed by atoms with van der Waals surface area (Å²) in [5.41, 5.74) is 5.37. The number of ether oxygens (including phenoxy) is 1. The molecular formula is C16H23NO. The van der Waals surface area contributed by atoms with Crippen LogP contribution in [0.15, 0.2) is 23.8 Å². The molecule has 1 fully saturated rings. The van der Waals surface area contributed by atoms with E-state index in [1.54, 1.807) is 0 Å². The van der Waals surface area contributed by atoms with Crippen LogP contribution >= 0.6 is 0 Å². The minimum atomic E-state index is 0.473. The Kier molecular flexibility index (Phi) is 4.56. The first-order valence-corrected chi connectivity index (χ1v) is 6.70. The average Bonchev–Trinajstić information content (AvgIpc) is 2.28. The summed E-state index contributed by atoms with van der Waals surface area (Å²) in [6.07, 6.45) is 3.35. The van der Waals surface area contributed by atoms with Crippen molar-refractivity contribution in [3.8, 4) is 0 Å². The van der Waals surface area contributed by atoms with Crippen LogP contribution in [0.3, 0.4) is 0 Å². The van der Waals surface area contributed by atoms with E-state index in [0.717, 1.165) is 26.2 Å². The lowest BCUT2D eigenvalue weighted by molar-refractivity contribution is 0.0771. The Morgan fingerprint density at radius 2 is 2.06 bits per heavy atom. The minimum Gasteiger partial charge on any atom is -0.379 e. The van der Waals surface area contributed by atoms with E-state index in [9.17, 15) is 0 Å². The summed E-state index contributed by atoms with van der Waals surface area (Å²) in [6, 6.07) is 7.16. The second-order valence-corrected chi connectivity index (χ2v) is 5.34. The number of rotatable bonds is 3. The molecule has 1 unspecified atom stereocenters. The molecule has 1 aromatic rings. The molecule has 2 rings (SSSR count). The molecule has 1 aliphatic rings. The molecule has 1 saturated heterocycles. The summed E-state index contributed by atoms with van der Waals surface area (Å²) in [4.78, 5) is 0. The van der Waals surface area contributed by atoms with Gasteiger partial charge in [0.15, 0.2) is 0 Å². The minimum absolute atomic E-state index is 0.473. The SMILES string of the molecule is C/C(=C/c1cc(C)cc(C)c1)CC1COCCN1. The molecule has 0 amide bonds. The zero-order valence-corrected chi connectivity index (χ0v) is 11.6. The molecular weight excluding hydrogens is 222 g/mol. The highest BCUT2D eigenvalue weighted by molar-refractivity contribution is 5.54. The molecule has 2 heteroatoms. The van der Waals surface area contributed by atoms with E-state index in [-0.39, 0.29) is 0 Å². The first-order chi connectivity index (χ1) is 8.63. The second kappa shape index (κ2) is 6.17. The van der Waals surface area contributed by atoms with Gasteiger partial charge in [0.2, 0.25) is 0 Å². The molecule has 0 spiro atoms. The van der Waals surface area contributed by atoms with Crippen molar-refractivity contribution in [2.75, 3.05) is 19.8 Å². The van der Waals surface area contributed by atoms with Crippen molar-refractivity contribution in [1.29, 1.82) is 0 Å². The normalized spacial score (nSPS) is 21.1. The van der Waals surface area contributed by atoms with E-state index in [1.165, 1.54) is 22.3 Å². The largest absolute Gasteiger partial charge is 0.379 e. The monoisotopic (exact) mass is 245 g/mol. The van der Waals surface area contributed by atoms with Gasteiger partial charge in [-0.05, 0) is 32.8 Å². The van der Waals surface area contributed by atoms with Crippen molar-refractivity contribution < 1.29 is 4.74 Å². The van der Waals surface area contributed by atoms with Crippen LogP contribution in [-0.4, -0.2) is 25.8 Å². The Bertz CT molecular complexity index is 410. The third-order valence-electron chi connectivity index (χ3n) is 3.22. The highest BCUT2D eigenvalue weighted by atomic mass is 16.5. The molecule has 18 heavy (non-hydrogen) atoms. The van der Waals surface area contributed by atoms with Crippen molar-refractivity contribution >= 4 is 6.08 Å². The van der Waals surface area contributed by atoms with Crippen LogP contribution < -0.4 is 5.32 Å². The zero-order chi connectivity index (χ0) is 13.0. The van der Waals surface area contributed by atoms with E-state index >= 15 is 0 Å². The Hall–Kier alpha value is -1.12. The first kappa shape index (κ1) is 13.3. The summed E-state index contributed by atoms with van der Waals surface area (Å²) in [7, 11) is 0. The Morgan fingerprint density at radius 3 is 2.67 bits per heavy atom. The zero-order valence-electron chi connectivity index (χ0n) is 11.6. The van der Waals surface area contributed by atoms with Crippen molar-refractivity contribution in [3.63, 3.8) is 0 Å². The van der Waals surface area contributed by atoms with Crippen LogP contribution in [-0.2, 0) is 4.74 Å². The molecule has 1 aromatic carbocycles. The fourth-order valence-electron chi connectivity index (χ4n) is 2.58. The second-order valence-electron chi connectivity index (χ2n) is 5.34. The molecule has 0 aliphatic carbocycles. The number of hydrogen-bond acceptors (Lipinski definition) is 2. The topological polar surface area (TPSA) is 21.3 Å². The van der Waals surface area contributed by atoms with Crippen LogP contribution in [0.4, 0.5) is 0 Å². The Morgan fingerprint density at radius 1 is 1.33 bits per heavy atom. The first-order valence-electron chi connectivity index (χ1n) is 6.70. The van der Waals surface area contributed by atoms with Crippen LogP contribution in [0.25, 0.3) is 6.08 Å². The maximum atomic E-state index is 5.48. The third kappa shape index (κ3) is 3.97. The van der Waals surface area contributed by atoms with Gasteiger partial charge in [0.25, 0.3) is 0 Å². The molecule has 1 heterocycles. The number of hydrogen-bond donors (Lipinski definition) is 1. The van der Waals surface area contributed by atoms with Gasteiger partial charge in [0, 0.05) is 12.6 Å². The standard InChI is InChI=1S/C16H23NO/c1-12-6-13(2)8-15(7-12)9-14(3)10-16-11-18-5-4-17-16/h6-9,16-17H,4-5,10-11H2,1-3H3/b14-9-. The lowest BCUT2D eigenvalue weighted by atomic mass is 10.0. The van der Waals surface area contributed by atoms with Crippen molar-refractivity contribution in [2.45, 2.75) is 33.2 Å². The molecule has 0 bridgehead atoms. The predicted octanol–water partition coefficient (Wildman–Crippen LogP) is 3.09. The number of benzene rings is 1. The summed E-state index contributed by atoms with van der Waals surface area (Å²) in [5.74, 6) is 0. The maximum Gasteiger partial charge on any atom is 0.0623 e. The Balaban J connectivity index is 2.02. The smallest absolute Gasteiger partial charge is 0.0623 e. The third-order valence-corrected chi connectivity index (χ3v) is 3.22. The van der Waals surface area contributed by atoms with Gasteiger partial charge in [-0.15, -0.1) is 0 Å². The van der Waals surface area contributed by atoms with Gasteiger partial charge in [-0.25, -0.2) is 0 Å². The molecule has 0 saturated carbocycles. The van der Waals surface area contributed by atoms with Gasteiger partial charge in [0.05, 0.1) is 13.2 Å². The lowest BCUT2D eigenvalue weighted by Gasteiger charge is -2.24. The van der Waals surface area contributed by atoms with E-state index < -0.39 is 0 Å². The lowest BCUT2D eigenvalue weighted by Crippen LogP contribution is -2.41. The molecule has 1 N–H and O–H groups in total. The van der Waals surface area contributed by atoms with E-state index in [0.29, 0.717) is 6.04 Å². The van der Waals surface area contributed by atoms with Crippen LogP contribution in [0.2, 0.25) is 0 Å². The molecule has 0 radical (unpaired) electrons. The fraction of sp³-hybridized carbons (Fsp3) is 0.500. The molecule has 98 valence electrons. The van der Waals surface area contributed by atoms with Gasteiger partial charge in [0.1, 0.15) is 0 Å². The van der Waals surface area contributed by atoms with Gasteiger partial charge in [-0.3, -0.25) is 0 Å². The highest BCUT2D eigenvalue weighted by Gasteiger charge is 2.12. The van der Waals surface area contributed by atoms with Gasteiger partial charge in [-0.1, -0.05) is 41.0 Å². The average molecular weight is 245 g/mol. The predicted molar refractivity (Wildman–Crippen MR) is 76.8 cm³/mol. The van der Waals surface area contributed by atoms with Crippen molar-refractivity contribution in [3.05, 3.63) is 40.5 Å². The molecule has 1 atom stereocenters. The summed E-state index contributed by atoms with van der Waals surface area (Å²) in [5, 5.41) is 3.49.